The summed E-state index contributed by atoms with van der Waals surface area (Å²) in [5.74, 6) is 4.12. The molecular weight excluding hydrogens is 267 g/mol. The molecule has 0 aromatic heterocycles. The maximum absolute atomic E-state index is 11.4. The Balaban J connectivity index is 2.62. The smallest absolute Gasteiger partial charge is 0.291 e. The normalized spacial score (nSPS) is 22.1. The highest BCUT2D eigenvalue weighted by Crippen LogP contribution is 2.17. The quantitative estimate of drug-likeness (QED) is 0.345. The van der Waals surface area contributed by atoms with Crippen LogP contribution in [-0.2, 0) is 4.79 Å². The molecule has 17 heavy (non-hydrogen) atoms. The van der Waals surface area contributed by atoms with Gasteiger partial charge in [0.15, 0.2) is 0 Å². The lowest BCUT2D eigenvalue weighted by Gasteiger charge is -2.21. The second kappa shape index (κ2) is 4.23. The number of fused-ring (bicyclic) bond motifs is 1. The summed E-state index contributed by atoms with van der Waals surface area (Å²) in [4.78, 5) is 19.2. The van der Waals surface area contributed by atoms with E-state index in [1.54, 1.807) is 0 Å². The fourth-order valence-corrected chi connectivity index (χ4v) is 1.73. The molecule has 4 N–H and O–H groups in total. The van der Waals surface area contributed by atoms with Gasteiger partial charge in [-0.1, -0.05) is 23.2 Å². The average molecular weight is 275 g/mol. The Kier molecular flexibility index (Phi) is 3.05. The number of aliphatic hydroxyl groups is 1. The molecule has 1 unspecified atom stereocenters. The van der Waals surface area contributed by atoms with E-state index < -0.39 is 11.6 Å². The molecule has 0 radical (unpaired) electrons. The van der Waals surface area contributed by atoms with Gasteiger partial charge in [0.2, 0.25) is 0 Å². The molecule has 6 nitrogen and oxygen atoms in total. The van der Waals surface area contributed by atoms with Crippen LogP contribution < -0.4 is 22.0 Å². The van der Waals surface area contributed by atoms with Crippen molar-refractivity contribution in [3.8, 4) is 0 Å². The third kappa shape index (κ3) is 2.12. The number of hydrogen-bond acceptors (Lipinski definition) is 5. The Hall–Kier alpha value is -1.21. The molecule has 1 aliphatic rings. The van der Waals surface area contributed by atoms with E-state index in [9.17, 15) is 9.90 Å². The number of rotatable bonds is 1. The van der Waals surface area contributed by atoms with Gasteiger partial charge in [0.1, 0.15) is 0 Å². The number of halogens is 2. The van der Waals surface area contributed by atoms with Crippen molar-refractivity contribution >= 4 is 29.1 Å². The average Bonchev–Trinajstić information content (AvgIpc) is 2.30. The Labute approximate surface area is 106 Å². The van der Waals surface area contributed by atoms with Crippen molar-refractivity contribution in [1.29, 1.82) is 0 Å². The van der Waals surface area contributed by atoms with Gasteiger partial charge in [-0.2, -0.15) is 0 Å². The van der Waals surface area contributed by atoms with Gasteiger partial charge in [0.25, 0.3) is 11.6 Å². The van der Waals surface area contributed by atoms with E-state index in [0.717, 1.165) is 0 Å². The van der Waals surface area contributed by atoms with Crippen LogP contribution in [0.4, 0.5) is 0 Å². The number of amides is 1. The summed E-state index contributed by atoms with van der Waals surface area (Å²) >= 11 is 11.6. The first-order valence-electron chi connectivity index (χ1n) is 4.59. The van der Waals surface area contributed by atoms with E-state index in [1.165, 1.54) is 12.1 Å². The van der Waals surface area contributed by atoms with Crippen molar-refractivity contribution in [3.05, 3.63) is 32.9 Å². The Bertz CT molecular complexity index is 604. The van der Waals surface area contributed by atoms with Crippen LogP contribution in [0.2, 0.25) is 10.0 Å². The summed E-state index contributed by atoms with van der Waals surface area (Å²) in [5.41, 5.74) is -0.171. The van der Waals surface area contributed by atoms with Crippen LogP contribution in [0, 0.1) is 0 Å². The highest BCUT2D eigenvalue weighted by Gasteiger charge is 2.36. The van der Waals surface area contributed by atoms with Crippen LogP contribution in [0.1, 0.15) is 0 Å². The van der Waals surface area contributed by atoms with Crippen molar-refractivity contribution in [2.75, 3.05) is 6.54 Å². The van der Waals surface area contributed by atoms with Crippen molar-refractivity contribution in [1.82, 2.24) is 5.43 Å². The number of nitrogens with one attached hydrogen (secondary N) is 1. The summed E-state index contributed by atoms with van der Waals surface area (Å²) in [6, 6.07) is 2.94. The molecule has 0 aliphatic carbocycles. The fraction of sp³-hybridized carbons (Fsp3) is 0.222. The lowest BCUT2D eigenvalue weighted by atomic mass is 10.2. The zero-order valence-corrected chi connectivity index (χ0v) is 9.96. The molecular formula is C9H8Cl2N4O2. The van der Waals surface area contributed by atoms with Crippen LogP contribution >= 0.6 is 23.2 Å². The van der Waals surface area contributed by atoms with Crippen molar-refractivity contribution < 1.29 is 9.90 Å². The van der Waals surface area contributed by atoms with E-state index in [2.05, 4.69) is 9.98 Å². The molecule has 0 saturated heterocycles. The SMILES string of the molecule is NNC(=O)C1(O)CN=c2cc(Cl)c(Cl)cc2=N1. The Morgan fingerprint density at radius 2 is 2.00 bits per heavy atom. The molecule has 0 fully saturated rings. The third-order valence-corrected chi connectivity index (χ3v) is 3.01. The van der Waals surface area contributed by atoms with Gasteiger partial charge in [-0.25, -0.2) is 10.8 Å². The standard InChI is InChI=1S/C9H8Cl2N4O2/c10-4-1-6-7(2-5(4)11)14-9(17,3-13-6)8(16)15-12/h1-2,17H,3,12H2,(H,15,16). The molecule has 90 valence electrons. The first kappa shape index (κ1) is 12.3. The highest BCUT2D eigenvalue weighted by molar-refractivity contribution is 6.41. The molecule has 1 heterocycles. The second-order valence-corrected chi connectivity index (χ2v) is 4.29. The molecule has 0 bridgehead atoms. The maximum Gasteiger partial charge on any atom is 0.291 e. The van der Waals surface area contributed by atoms with Gasteiger partial charge in [-0.05, 0) is 12.1 Å². The first-order valence-corrected chi connectivity index (χ1v) is 5.35. The highest BCUT2D eigenvalue weighted by atomic mass is 35.5. The molecule has 2 rings (SSSR count). The molecule has 0 saturated carbocycles. The van der Waals surface area contributed by atoms with Gasteiger partial charge in [0.05, 0.1) is 27.3 Å². The van der Waals surface area contributed by atoms with Crippen LogP contribution in [0.25, 0.3) is 0 Å². The van der Waals surface area contributed by atoms with E-state index in [0.29, 0.717) is 10.4 Å². The molecule has 1 aromatic carbocycles. The topological polar surface area (TPSA) is 100 Å². The number of carbonyl (C=O) groups excluding carboxylic acids is 1. The number of benzene rings is 1. The van der Waals surface area contributed by atoms with Crippen LogP contribution in [0.15, 0.2) is 22.1 Å². The minimum Gasteiger partial charge on any atom is -0.360 e. The number of carbonyl (C=O) groups is 1. The number of nitrogens with two attached hydrogens (primary N) is 1. The van der Waals surface area contributed by atoms with Gasteiger partial charge in [0, 0.05) is 0 Å². The van der Waals surface area contributed by atoms with Crippen LogP contribution in [-0.4, -0.2) is 23.3 Å². The summed E-state index contributed by atoms with van der Waals surface area (Å²) in [6.07, 6.45) is 0. The molecule has 1 aliphatic heterocycles. The zero-order valence-electron chi connectivity index (χ0n) is 8.44. The summed E-state index contributed by atoms with van der Waals surface area (Å²) < 4.78 is 0. The van der Waals surface area contributed by atoms with Gasteiger partial charge in [-0.3, -0.25) is 15.2 Å². The minimum atomic E-state index is -2.00. The molecule has 1 atom stereocenters. The van der Waals surface area contributed by atoms with E-state index >= 15 is 0 Å². The lowest BCUT2D eigenvalue weighted by Crippen LogP contribution is -2.54. The molecule has 1 aromatic rings. The summed E-state index contributed by atoms with van der Waals surface area (Å²) in [5, 5.41) is 11.3. The predicted molar refractivity (Wildman–Crippen MR) is 60.9 cm³/mol. The van der Waals surface area contributed by atoms with Crippen molar-refractivity contribution in [2.45, 2.75) is 5.72 Å². The predicted octanol–water partition coefficient (Wildman–Crippen LogP) is -1.08. The first-order chi connectivity index (χ1) is 7.96. The number of hydrazine groups is 1. The van der Waals surface area contributed by atoms with Crippen LogP contribution in [0.3, 0.4) is 0 Å². The van der Waals surface area contributed by atoms with E-state index in [4.69, 9.17) is 29.0 Å². The molecule has 0 spiro atoms. The van der Waals surface area contributed by atoms with Gasteiger partial charge < -0.3 is 5.11 Å². The summed E-state index contributed by atoms with van der Waals surface area (Å²) in [7, 11) is 0. The largest absolute Gasteiger partial charge is 0.360 e. The van der Waals surface area contributed by atoms with Crippen molar-refractivity contribution in [3.63, 3.8) is 0 Å². The summed E-state index contributed by atoms with van der Waals surface area (Å²) in [6.45, 7) is -0.221. The second-order valence-electron chi connectivity index (χ2n) is 3.47. The van der Waals surface area contributed by atoms with Gasteiger partial charge >= 0.3 is 0 Å². The third-order valence-electron chi connectivity index (χ3n) is 2.29. The minimum absolute atomic E-state index is 0.221. The number of hydrogen-bond donors (Lipinski definition) is 3. The lowest BCUT2D eigenvalue weighted by molar-refractivity contribution is -0.138. The molecule has 1 amide bonds. The fourth-order valence-electron chi connectivity index (χ4n) is 1.41. The monoisotopic (exact) mass is 274 g/mol. The van der Waals surface area contributed by atoms with Crippen LogP contribution in [0.5, 0.6) is 0 Å². The Morgan fingerprint density at radius 1 is 1.41 bits per heavy atom. The van der Waals surface area contributed by atoms with E-state index in [-0.39, 0.29) is 16.9 Å². The number of nitrogens with zero attached hydrogens (tertiary/aromatic N) is 2. The molecule has 8 heteroatoms. The van der Waals surface area contributed by atoms with Gasteiger partial charge in [-0.15, -0.1) is 0 Å². The maximum atomic E-state index is 11.4. The van der Waals surface area contributed by atoms with Crippen molar-refractivity contribution in [2.24, 2.45) is 15.8 Å². The zero-order chi connectivity index (χ0) is 12.6. The Morgan fingerprint density at radius 3 is 2.59 bits per heavy atom. The van der Waals surface area contributed by atoms with E-state index in [1.807, 2.05) is 5.43 Å².